The zero-order valence-electron chi connectivity index (χ0n) is 13.3. The highest BCUT2D eigenvalue weighted by molar-refractivity contribution is 6.74. The van der Waals surface area contributed by atoms with E-state index in [0.717, 1.165) is 25.9 Å². The Morgan fingerprint density at radius 2 is 1.67 bits per heavy atom. The Morgan fingerprint density at radius 3 is 2.11 bits per heavy atom. The van der Waals surface area contributed by atoms with Gasteiger partial charge in [0.2, 0.25) is 5.91 Å². The van der Waals surface area contributed by atoms with Crippen molar-refractivity contribution in [1.29, 1.82) is 0 Å². The van der Waals surface area contributed by atoms with Crippen molar-refractivity contribution in [3.8, 4) is 0 Å². The lowest BCUT2D eigenvalue weighted by Crippen LogP contribution is -2.40. The number of nitrogens with zero attached hydrogens (tertiary/aromatic N) is 1. The highest BCUT2D eigenvalue weighted by atomic mass is 28.4. The summed E-state index contributed by atoms with van der Waals surface area (Å²) < 4.78 is 6.09. The van der Waals surface area contributed by atoms with Gasteiger partial charge in [-0.1, -0.05) is 27.2 Å². The second-order valence-electron chi connectivity index (χ2n) is 6.71. The summed E-state index contributed by atoms with van der Waals surface area (Å²) in [5.74, 6) is 0.223. The van der Waals surface area contributed by atoms with Crippen molar-refractivity contribution in [3.63, 3.8) is 0 Å². The van der Waals surface area contributed by atoms with E-state index in [1.165, 1.54) is 0 Å². The molecule has 0 aliphatic rings. The molecule has 0 fully saturated rings. The highest BCUT2D eigenvalue weighted by Gasteiger charge is 2.36. The van der Waals surface area contributed by atoms with E-state index in [-0.39, 0.29) is 10.9 Å². The first-order valence-corrected chi connectivity index (χ1v) is 9.83. The molecule has 0 unspecified atom stereocenters. The standard InChI is InChI=1S/C14H31NO2Si/c1-14(2,3)18(6,7)17-12-10-8-9-11-13(16)15(4)5/h8-12H2,1-7H3. The van der Waals surface area contributed by atoms with Crippen molar-refractivity contribution in [2.45, 2.75) is 64.6 Å². The molecule has 0 heterocycles. The lowest BCUT2D eigenvalue weighted by molar-refractivity contribution is -0.128. The van der Waals surface area contributed by atoms with Crippen LogP contribution < -0.4 is 0 Å². The number of carbonyl (C=O) groups excluding carboxylic acids is 1. The van der Waals surface area contributed by atoms with Crippen LogP contribution in [-0.4, -0.2) is 39.8 Å². The minimum Gasteiger partial charge on any atom is -0.417 e. The Bertz CT molecular complexity index is 257. The van der Waals surface area contributed by atoms with Crippen molar-refractivity contribution in [2.24, 2.45) is 0 Å². The van der Waals surface area contributed by atoms with Gasteiger partial charge in [-0.15, -0.1) is 0 Å². The number of carbonyl (C=O) groups is 1. The van der Waals surface area contributed by atoms with Crippen molar-refractivity contribution < 1.29 is 9.22 Å². The molecule has 0 bridgehead atoms. The molecule has 0 saturated carbocycles. The van der Waals surface area contributed by atoms with E-state index in [1.54, 1.807) is 4.90 Å². The molecule has 0 aromatic heterocycles. The molecule has 0 N–H and O–H groups in total. The van der Waals surface area contributed by atoms with Crippen LogP contribution in [0.3, 0.4) is 0 Å². The molecule has 18 heavy (non-hydrogen) atoms. The van der Waals surface area contributed by atoms with Gasteiger partial charge < -0.3 is 9.33 Å². The lowest BCUT2D eigenvalue weighted by atomic mass is 10.2. The molecule has 0 rings (SSSR count). The van der Waals surface area contributed by atoms with Gasteiger partial charge in [0.1, 0.15) is 0 Å². The monoisotopic (exact) mass is 273 g/mol. The molecule has 3 nitrogen and oxygen atoms in total. The highest BCUT2D eigenvalue weighted by Crippen LogP contribution is 2.36. The first kappa shape index (κ1) is 17.6. The fraction of sp³-hybridized carbons (Fsp3) is 0.929. The molecule has 0 spiro atoms. The van der Waals surface area contributed by atoms with Gasteiger partial charge in [0.05, 0.1) is 0 Å². The van der Waals surface area contributed by atoms with E-state index in [2.05, 4.69) is 33.9 Å². The SMILES string of the molecule is CN(C)C(=O)CCCCCO[Si](C)(C)C(C)(C)C. The molecule has 4 heteroatoms. The summed E-state index contributed by atoms with van der Waals surface area (Å²) in [7, 11) is 2.04. The average Bonchev–Trinajstić information content (AvgIpc) is 2.20. The molecule has 1 amide bonds. The van der Waals surface area contributed by atoms with Crippen LogP contribution in [0.2, 0.25) is 18.1 Å². The van der Waals surface area contributed by atoms with E-state index in [1.807, 2.05) is 14.1 Å². The summed E-state index contributed by atoms with van der Waals surface area (Å²) in [5, 5.41) is 0.286. The van der Waals surface area contributed by atoms with Crippen molar-refractivity contribution in [3.05, 3.63) is 0 Å². The quantitative estimate of drug-likeness (QED) is 0.523. The zero-order chi connectivity index (χ0) is 14.4. The minimum absolute atomic E-state index is 0.223. The van der Waals surface area contributed by atoms with Gasteiger partial charge in [0.15, 0.2) is 8.32 Å². The Kier molecular flexibility index (Phi) is 7.15. The molecule has 0 aliphatic carbocycles. The predicted molar refractivity (Wildman–Crippen MR) is 80.3 cm³/mol. The Balaban J connectivity index is 3.67. The molecule has 0 aliphatic heterocycles. The number of hydrogen-bond donors (Lipinski definition) is 0. The van der Waals surface area contributed by atoms with Gasteiger partial charge in [-0.2, -0.15) is 0 Å². The summed E-state index contributed by atoms with van der Waals surface area (Å²) in [4.78, 5) is 13.0. The van der Waals surface area contributed by atoms with Crippen LogP contribution in [0.5, 0.6) is 0 Å². The average molecular weight is 273 g/mol. The maximum atomic E-state index is 11.4. The number of rotatable bonds is 7. The third-order valence-electron chi connectivity index (χ3n) is 3.80. The second-order valence-corrected chi connectivity index (χ2v) is 11.5. The van der Waals surface area contributed by atoms with E-state index in [0.29, 0.717) is 6.42 Å². The zero-order valence-corrected chi connectivity index (χ0v) is 14.3. The van der Waals surface area contributed by atoms with Crippen LogP contribution in [-0.2, 0) is 9.22 Å². The van der Waals surface area contributed by atoms with Gasteiger partial charge in [0.25, 0.3) is 0 Å². The first-order chi connectivity index (χ1) is 8.08. The number of hydrogen-bond acceptors (Lipinski definition) is 2. The van der Waals surface area contributed by atoms with Gasteiger partial charge >= 0.3 is 0 Å². The van der Waals surface area contributed by atoms with Gasteiger partial charge in [-0.3, -0.25) is 4.79 Å². The number of amides is 1. The Labute approximate surface area is 114 Å². The molecular weight excluding hydrogens is 242 g/mol. The minimum atomic E-state index is -1.58. The van der Waals surface area contributed by atoms with E-state index >= 15 is 0 Å². The van der Waals surface area contributed by atoms with Gasteiger partial charge in [0, 0.05) is 27.1 Å². The summed E-state index contributed by atoms with van der Waals surface area (Å²) in [5.41, 5.74) is 0. The Morgan fingerprint density at radius 1 is 1.11 bits per heavy atom. The normalized spacial score (nSPS) is 12.6. The van der Waals surface area contributed by atoms with Gasteiger partial charge in [-0.05, 0) is 31.0 Å². The van der Waals surface area contributed by atoms with Crippen LogP contribution in [0, 0.1) is 0 Å². The van der Waals surface area contributed by atoms with Crippen LogP contribution in [0.25, 0.3) is 0 Å². The fourth-order valence-electron chi connectivity index (χ4n) is 1.32. The second kappa shape index (κ2) is 7.29. The maximum absolute atomic E-state index is 11.4. The molecule has 0 radical (unpaired) electrons. The van der Waals surface area contributed by atoms with Gasteiger partial charge in [-0.25, -0.2) is 0 Å². The van der Waals surface area contributed by atoms with Crippen molar-refractivity contribution >= 4 is 14.2 Å². The number of unbranched alkanes of at least 4 members (excludes halogenated alkanes) is 2. The molecule has 108 valence electrons. The van der Waals surface area contributed by atoms with Crippen LogP contribution in [0.15, 0.2) is 0 Å². The lowest BCUT2D eigenvalue weighted by Gasteiger charge is -2.36. The topological polar surface area (TPSA) is 29.5 Å². The summed E-state index contributed by atoms with van der Waals surface area (Å²) in [6, 6.07) is 0. The fourth-order valence-corrected chi connectivity index (χ4v) is 2.41. The maximum Gasteiger partial charge on any atom is 0.222 e. The van der Waals surface area contributed by atoms with E-state index < -0.39 is 8.32 Å². The van der Waals surface area contributed by atoms with Crippen molar-refractivity contribution in [1.82, 2.24) is 4.90 Å². The molecule has 0 aromatic carbocycles. The predicted octanol–water partition coefficient (Wildman–Crippen LogP) is 3.66. The molecule has 0 saturated heterocycles. The third-order valence-corrected chi connectivity index (χ3v) is 8.34. The molecular formula is C14H31NO2Si. The van der Waals surface area contributed by atoms with Crippen molar-refractivity contribution in [2.75, 3.05) is 20.7 Å². The largest absolute Gasteiger partial charge is 0.417 e. The Hall–Kier alpha value is -0.353. The summed E-state index contributed by atoms with van der Waals surface area (Å²) in [6.07, 6.45) is 3.77. The smallest absolute Gasteiger partial charge is 0.222 e. The van der Waals surface area contributed by atoms with Crippen LogP contribution in [0.1, 0.15) is 46.5 Å². The third kappa shape index (κ3) is 6.54. The van der Waals surface area contributed by atoms with Crippen LogP contribution >= 0.6 is 0 Å². The van der Waals surface area contributed by atoms with Crippen LogP contribution in [0.4, 0.5) is 0 Å². The van der Waals surface area contributed by atoms with E-state index in [9.17, 15) is 4.79 Å². The first-order valence-electron chi connectivity index (χ1n) is 6.92. The molecule has 0 aromatic rings. The van der Waals surface area contributed by atoms with E-state index in [4.69, 9.17) is 4.43 Å². The summed E-state index contributed by atoms with van der Waals surface area (Å²) >= 11 is 0. The molecule has 0 atom stereocenters. The summed E-state index contributed by atoms with van der Waals surface area (Å²) in [6.45, 7) is 12.2.